The number of aromatic amines is 1. The molecular formula is C16H15N3. The molecule has 0 aliphatic heterocycles. The Bertz CT molecular complexity index is 699. The highest BCUT2D eigenvalue weighted by Gasteiger charge is 2.08. The molecule has 0 aliphatic rings. The predicted octanol–water partition coefficient (Wildman–Crippen LogP) is 3.76. The molecule has 0 atom stereocenters. The van der Waals surface area contributed by atoms with E-state index in [-0.39, 0.29) is 0 Å². The first-order chi connectivity index (χ1) is 9.24. The van der Waals surface area contributed by atoms with Crippen molar-refractivity contribution in [2.45, 2.75) is 13.8 Å². The summed E-state index contributed by atoms with van der Waals surface area (Å²) in [5, 5.41) is 7.21. The summed E-state index contributed by atoms with van der Waals surface area (Å²) in [7, 11) is 0. The summed E-state index contributed by atoms with van der Waals surface area (Å²) < 4.78 is 0. The van der Waals surface area contributed by atoms with Crippen molar-refractivity contribution >= 4 is 0 Å². The van der Waals surface area contributed by atoms with Gasteiger partial charge in [0.1, 0.15) is 5.69 Å². The first-order valence-electron chi connectivity index (χ1n) is 6.28. The first-order valence-corrected chi connectivity index (χ1v) is 6.28. The fourth-order valence-electron chi connectivity index (χ4n) is 2.17. The molecule has 0 unspecified atom stereocenters. The molecule has 0 saturated heterocycles. The fraction of sp³-hybridized carbons (Fsp3) is 0.125. The number of hydrogen-bond donors (Lipinski definition) is 1. The van der Waals surface area contributed by atoms with Gasteiger partial charge in [-0.2, -0.15) is 5.10 Å². The summed E-state index contributed by atoms with van der Waals surface area (Å²) in [6.45, 7) is 4.06. The van der Waals surface area contributed by atoms with E-state index in [1.807, 2.05) is 37.4 Å². The van der Waals surface area contributed by atoms with E-state index in [1.165, 1.54) is 5.56 Å². The molecule has 0 saturated carbocycles. The number of nitrogens with one attached hydrogen (secondary N) is 1. The maximum absolute atomic E-state index is 4.56. The van der Waals surface area contributed by atoms with E-state index in [2.05, 4.69) is 40.3 Å². The van der Waals surface area contributed by atoms with Crippen LogP contribution in [0.3, 0.4) is 0 Å². The molecule has 0 fully saturated rings. The summed E-state index contributed by atoms with van der Waals surface area (Å²) in [4.78, 5) is 4.56. The smallest absolute Gasteiger partial charge is 0.111 e. The Balaban J connectivity index is 2.03. The van der Waals surface area contributed by atoms with Crippen molar-refractivity contribution in [2.24, 2.45) is 0 Å². The molecule has 0 bridgehead atoms. The highest BCUT2D eigenvalue weighted by Crippen LogP contribution is 2.25. The van der Waals surface area contributed by atoms with Crippen molar-refractivity contribution in [2.75, 3.05) is 0 Å². The van der Waals surface area contributed by atoms with Gasteiger partial charge in [-0.05, 0) is 37.1 Å². The van der Waals surface area contributed by atoms with Crippen LogP contribution in [0.4, 0.5) is 0 Å². The third kappa shape index (κ3) is 2.27. The summed E-state index contributed by atoms with van der Waals surface area (Å²) in [6.07, 6.45) is 1.90. The average molecular weight is 249 g/mol. The zero-order valence-electron chi connectivity index (χ0n) is 11.0. The van der Waals surface area contributed by atoms with E-state index in [0.717, 1.165) is 28.2 Å². The van der Waals surface area contributed by atoms with Crippen LogP contribution in [0.25, 0.3) is 22.5 Å². The van der Waals surface area contributed by atoms with E-state index in [9.17, 15) is 0 Å². The van der Waals surface area contributed by atoms with Crippen LogP contribution in [0.1, 0.15) is 11.3 Å². The number of benzene rings is 1. The van der Waals surface area contributed by atoms with Crippen molar-refractivity contribution in [1.29, 1.82) is 0 Å². The summed E-state index contributed by atoms with van der Waals surface area (Å²) in [5.74, 6) is 0. The van der Waals surface area contributed by atoms with Crippen molar-refractivity contribution in [3.05, 3.63) is 59.9 Å². The van der Waals surface area contributed by atoms with Crippen LogP contribution >= 0.6 is 0 Å². The van der Waals surface area contributed by atoms with E-state index >= 15 is 0 Å². The van der Waals surface area contributed by atoms with Crippen LogP contribution in [0.15, 0.2) is 48.7 Å². The molecule has 1 aromatic carbocycles. The monoisotopic (exact) mass is 249 g/mol. The predicted molar refractivity (Wildman–Crippen MR) is 76.7 cm³/mol. The largest absolute Gasteiger partial charge is 0.282 e. The Labute approximate surface area is 112 Å². The van der Waals surface area contributed by atoms with E-state index in [4.69, 9.17) is 0 Å². The molecule has 2 heterocycles. The lowest BCUT2D eigenvalue weighted by Crippen LogP contribution is -1.90. The minimum Gasteiger partial charge on any atom is -0.282 e. The normalized spacial score (nSPS) is 10.6. The van der Waals surface area contributed by atoms with Gasteiger partial charge >= 0.3 is 0 Å². The van der Waals surface area contributed by atoms with Gasteiger partial charge in [-0.25, -0.2) is 0 Å². The second kappa shape index (κ2) is 4.69. The van der Waals surface area contributed by atoms with E-state index in [0.29, 0.717) is 0 Å². The number of pyridine rings is 1. The Morgan fingerprint density at radius 2 is 1.74 bits per heavy atom. The second-order valence-corrected chi connectivity index (χ2v) is 4.69. The van der Waals surface area contributed by atoms with Crippen LogP contribution in [-0.2, 0) is 0 Å². The van der Waals surface area contributed by atoms with Crippen molar-refractivity contribution < 1.29 is 0 Å². The first kappa shape index (κ1) is 11.7. The van der Waals surface area contributed by atoms with Gasteiger partial charge in [0.25, 0.3) is 0 Å². The average Bonchev–Trinajstić information content (AvgIpc) is 2.86. The zero-order valence-corrected chi connectivity index (χ0v) is 11.0. The maximum atomic E-state index is 4.56. The third-order valence-corrected chi connectivity index (χ3v) is 3.13. The molecule has 0 aliphatic carbocycles. The molecule has 3 heteroatoms. The van der Waals surface area contributed by atoms with Crippen LogP contribution in [0.2, 0.25) is 0 Å². The number of H-pyrrole nitrogens is 1. The number of rotatable bonds is 2. The van der Waals surface area contributed by atoms with Crippen molar-refractivity contribution in [3.63, 3.8) is 0 Å². The van der Waals surface area contributed by atoms with Crippen LogP contribution in [-0.4, -0.2) is 15.2 Å². The second-order valence-electron chi connectivity index (χ2n) is 4.69. The summed E-state index contributed by atoms with van der Waals surface area (Å²) in [5.41, 5.74) is 6.33. The molecule has 3 rings (SSSR count). The maximum Gasteiger partial charge on any atom is 0.111 e. The van der Waals surface area contributed by atoms with E-state index < -0.39 is 0 Å². The third-order valence-electron chi connectivity index (χ3n) is 3.13. The number of aromatic nitrogens is 3. The lowest BCUT2D eigenvalue weighted by atomic mass is 10.0. The van der Waals surface area contributed by atoms with Crippen LogP contribution in [0, 0.1) is 13.8 Å². The number of nitrogens with zero attached hydrogens (tertiary/aromatic N) is 2. The van der Waals surface area contributed by atoms with E-state index in [1.54, 1.807) is 0 Å². The van der Waals surface area contributed by atoms with Crippen LogP contribution < -0.4 is 0 Å². The fourth-order valence-corrected chi connectivity index (χ4v) is 2.17. The molecule has 3 nitrogen and oxygen atoms in total. The highest BCUT2D eigenvalue weighted by molar-refractivity contribution is 5.68. The minimum absolute atomic E-state index is 0.898. The molecule has 0 radical (unpaired) electrons. The van der Waals surface area contributed by atoms with Gasteiger partial charge in [0.2, 0.25) is 0 Å². The van der Waals surface area contributed by atoms with Crippen LogP contribution in [0.5, 0.6) is 0 Å². The van der Waals surface area contributed by atoms with Gasteiger partial charge in [0, 0.05) is 17.5 Å². The van der Waals surface area contributed by atoms with Gasteiger partial charge < -0.3 is 0 Å². The standard InChI is InChI=1S/C16H15N3/c1-11-8-14(13-6-4-3-5-7-13)10-17-16(11)15-9-12(2)18-19-15/h3-10H,1-2H3,(H,18,19). The summed E-state index contributed by atoms with van der Waals surface area (Å²) >= 11 is 0. The Hall–Kier alpha value is -2.42. The molecule has 1 N–H and O–H groups in total. The molecule has 3 aromatic rings. The SMILES string of the molecule is Cc1cc(-c2ncc(-c3ccccc3)cc2C)n[nH]1. The molecule has 94 valence electrons. The van der Waals surface area contributed by atoms with Gasteiger partial charge in [0.15, 0.2) is 0 Å². The zero-order chi connectivity index (χ0) is 13.2. The Morgan fingerprint density at radius 1 is 0.947 bits per heavy atom. The van der Waals surface area contributed by atoms with Crippen molar-refractivity contribution in [3.8, 4) is 22.5 Å². The molecular weight excluding hydrogens is 234 g/mol. The molecule has 19 heavy (non-hydrogen) atoms. The van der Waals surface area contributed by atoms with Gasteiger partial charge in [-0.3, -0.25) is 10.1 Å². The van der Waals surface area contributed by atoms with Gasteiger partial charge in [0.05, 0.1) is 5.69 Å². The summed E-state index contributed by atoms with van der Waals surface area (Å²) in [6, 6.07) is 14.4. The van der Waals surface area contributed by atoms with Crippen molar-refractivity contribution in [1.82, 2.24) is 15.2 Å². The Kier molecular flexibility index (Phi) is 2.88. The molecule has 0 spiro atoms. The molecule has 2 aromatic heterocycles. The van der Waals surface area contributed by atoms with Gasteiger partial charge in [-0.1, -0.05) is 30.3 Å². The topological polar surface area (TPSA) is 41.6 Å². The quantitative estimate of drug-likeness (QED) is 0.751. The highest BCUT2D eigenvalue weighted by atomic mass is 15.1. The number of aryl methyl sites for hydroxylation is 2. The lowest BCUT2D eigenvalue weighted by molar-refractivity contribution is 1.04. The molecule has 0 amide bonds. The lowest BCUT2D eigenvalue weighted by Gasteiger charge is -2.06. The Morgan fingerprint density at radius 3 is 2.37 bits per heavy atom. The minimum atomic E-state index is 0.898. The van der Waals surface area contributed by atoms with Gasteiger partial charge in [-0.15, -0.1) is 0 Å². The number of hydrogen-bond acceptors (Lipinski definition) is 2.